The highest BCUT2D eigenvalue weighted by molar-refractivity contribution is 8.57. The van der Waals surface area contributed by atoms with Crippen LogP contribution >= 0.6 is 29.6 Å². The van der Waals surface area contributed by atoms with Crippen LogP contribution in [-0.2, 0) is 23.7 Å². The van der Waals surface area contributed by atoms with E-state index in [2.05, 4.69) is 4.74 Å². The molecule has 0 saturated heterocycles. The first-order chi connectivity index (χ1) is 9.74. The van der Waals surface area contributed by atoms with Gasteiger partial charge in [0.2, 0.25) is 6.41 Å². The first kappa shape index (κ1) is 20.3. The van der Waals surface area contributed by atoms with Gasteiger partial charge in [-0.2, -0.15) is 0 Å². The number of carbonyl (C=O) groups is 3. The quantitative estimate of drug-likeness (QED) is 0.217. The SMILES string of the molecule is CCC(C)SP(=O)(N(C)C=O)N(C)C(=O)C(=O)OCCCl. The first-order valence-electron chi connectivity index (χ1n) is 6.22. The third kappa shape index (κ3) is 5.52. The number of alkyl halides is 1. The minimum Gasteiger partial charge on any atom is -0.457 e. The smallest absolute Gasteiger partial charge is 0.397 e. The van der Waals surface area contributed by atoms with Gasteiger partial charge in [-0.25, -0.2) is 4.79 Å². The van der Waals surface area contributed by atoms with E-state index >= 15 is 0 Å². The third-order valence-electron chi connectivity index (χ3n) is 2.60. The highest BCUT2D eigenvalue weighted by atomic mass is 35.5. The van der Waals surface area contributed by atoms with E-state index in [1.54, 1.807) is 0 Å². The highest BCUT2D eigenvalue weighted by Crippen LogP contribution is 2.64. The number of rotatable bonds is 8. The number of esters is 1. The van der Waals surface area contributed by atoms with Gasteiger partial charge < -0.3 is 4.74 Å². The van der Waals surface area contributed by atoms with Gasteiger partial charge in [0.1, 0.15) is 6.61 Å². The molecule has 0 saturated carbocycles. The van der Waals surface area contributed by atoms with Crippen molar-refractivity contribution in [1.29, 1.82) is 0 Å². The lowest BCUT2D eigenvalue weighted by atomic mass is 10.4. The average Bonchev–Trinajstić information content (AvgIpc) is 2.49. The number of nitrogens with zero attached hydrogens (tertiary/aromatic N) is 2. The first-order valence-corrected chi connectivity index (χ1v) is 9.86. The Labute approximate surface area is 133 Å². The van der Waals surface area contributed by atoms with Crippen LogP contribution in [0.25, 0.3) is 0 Å². The molecule has 10 heteroatoms. The van der Waals surface area contributed by atoms with Crippen LogP contribution in [0.4, 0.5) is 0 Å². The van der Waals surface area contributed by atoms with Crippen molar-refractivity contribution in [2.24, 2.45) is 0 Å². The van der Waals surface area contributed by atoms with E-state index in [4.69, 9.17) is 11.6 Å². The molecule has 0 aromatic heterocycles. The zero-order valence-electron chi connectivity index (χ0n) is 12.4. The topological polar surface area (TPSA) is 84.0 Å². The summed E-state index contributed by atoms with van der Waals surface area (Å²) in [5.74, 6) is -2.17. The van der Waals surface area contributed by atoms with Crippen molar-refractivity contribution in [3.05, 3.63) is 0 Å². The zero-order valence-corrected chi connectivity index (χ0v) is 14.9. The Bertz CT molecular complexity index is 437. The Morgan fingerprint density at radius 1 is 1.43 bits per heavy atom. The fraction of sp³-hybridized carbons (Fsp3) is 0.727. The van der Waals surface area contributed by atoms with Crippen LogP contribution in [0.2, 0.25) is 0 Å². The maximum atomic E-state index is 13.0. The standard InChI is InChI=1S/C11H20ClN2O5PS/c1-5-9(2)21-20(18,13(3)8-15)14(4)10(16)11(17)19-7-6-12/h8-9H,5-7H2,1-4H3. The predicted octanol–water partition coefficient (Wildman–Crippen LogP) is 1.95. The molecule has 21 heavy (non-hydrogen) atoms. The second kappa shape index (κ2) is 9.33. The summed E-state index contributed by atoms with van der Waals surface area (Å²) in [4.78, 5) is 34.5. The van der Waals surface area contributed by atoms with E-state index < -0.39 is 18.5 Å². The summed E-state index contributed by atoms with van der Waals surface area (Å²) in [5.41, 5.74) is 0. The van der Waals surface area contributed by atoms with Crippen molar-refractivity contribution in [1.82, 2.24) is 9.34 Å². The third-order valence-corrected chi connectivity index (χ3v) is 8.97. The summed E-state index contributed by atoms with van der Waals surface area (Å²) in [7, 11) is 2.51. The van der Waals surface area contributed by atoms with Crippen LogP contribution < -0.4 is 0 Å². The molecule has 2 amide bonds. The lowest BCUT2D eigenvalue weighted by Crippen LogP contribution is -2.36. The Kier molecular flexibility index (Phi) is 9.01. The molecule has 0 rings (SSSR count). The van der Waals surface area contributed by atoms with Gasteiger partial charge in [0, 0.05) is 19.3 Å². The molecule has 0 N–H and O–H groups in total. The predicted molar refractivity (Wildman–Crippen MR) is 83.2 cm³/mol. The molecule has 0 aliphatic heterocycles. The van der Waals surface area contributed by atoms with Crippen molar-refractivity contribution >= 4 is 47.9 Å². The Morgan fingerprint density at radius 3 is 2.43 bits per heavy atom. The average molecular weight is 359 g/mol. The molecule has 0 radical (unpaired) electrons. The maximum Gasteiger partial charge on any atom is 0.397 e. The molecular formula is C11H20ClN2O5PS. The van der Waals surface area contributed by atoms with Crippen LogP contribution in [0, 0.1) is 0 Å². The Hall–Kier alpha value is -0.720. The van der Waals surface area contributed by atoms with Crippen molar-refractivity contribution in [2.45, 2.75) is 25.5 Å². The molecule has 7 nitrogen and oxygen atoms in total. The largest absolute Gasteiger partial charge is 0.457 e. The van der Waals surface area contributed by atoms with Gasteiger partial charge in [0.05, 0.1) is 5.88 Å². The van der Waals surface area contributed by atoms with E-state index in [9.17, 15) is 18.9 Å². The molecule has 0 bridgehead atoms. The number of hydrogen-bond donors (Lipinski definition) is 0. The summed E-state index contributed by atoms with van der Waals surface area (Å²) in [5, 5.41) is -0.0626. The lowest BCUT2D eigenvalue weighted by molar-refractivity contribution is -0.157. The van der Waals surface area contributed by atoms with E-state index in [1.165, 1.54) is 14.1 Å². The number of hydrogen-bond acceptors (Lipinski definition) is 6. The number of carbonyl (C=O) groups excluding carboxylic acids is 3. The van der Waals surface area contributed by atoms with Gasteiger partial charge in [0.15, 0.2) is 0 Å². The number of halogens is 1. The van der Waals surface area contributed by atoms with Crippen LogP contribution in [0.1, 0.15) is 20.3 Å². The van der Waals surface area contributed by atoms with Crippen molar-refractivity contribution in [3.8, 4) is 0 Å². The molecule has 122 valence electrons. The molecule has 0 aliphatic rings. The van der Waals surface area contributed by atoms with Crippen molar-refractivity contribution in [2.75, 3.05) is 26.6 Å². The number of likely N-dealkylation sites (N-methyl/N-ethyl adjacent to an activating group) is 1. The summed E-state index contributed by atoms with van der Waals surface area (Å²) in [6.45, 7) is 0.00483. The molecule has 0 heterocycles. The van der Waals surface area contributed by atoms with E-state index in [0.29, 0.717) is 12.8 Å². The van der Waals surface area contributed by atoms with Crippen molar-refractivity contribution in [3.63, 3.8) is 0 Å². The van der Waals surface area contributed by atoms with Gasteiger partial charge in [-0.05, 0) is 6.42 Å². The molecule has 0 fully saturated rings. The van der Waals surface area contributed by atoms with E-state index in [-0.39, 0.29) is 17.7 Å². The normalized spacial score (nSPS) is 14.7. The molecule has 0 spiro atoms. The molecule has 2 atom stereocenters. The van der Waals surface area contributed by atoms with Gasteiger partial charge in [-0.1, -0.05) is 25.2 Å². The minimum atomic E-state index is -3.58. The summed E-state index contributed by atoms with van der Waals surface area (Å²) < 4.78 is 19.3. The minimum absolute atomic E-state index is 0.0518. The lowest BCUT2D eigenvalue weighted by Gasteiger charge is -2.32. The van der Waals surface area contributed by atoms with Crippen LogP contribution in [0.15, 0.2) is 0 Å². The fourth-order valence-corrected chi connectivity index (χ4v) is 6.07. The van der Waals surface area contributed by atoms with Gasteiger partial charge in [-0.3, -0.25) is 23.5 Å². The van der Waals surface area contributed by atoms with Gasteiger partial charge in [0.25, 0.3) is 0 Å². The number of ether oxygens (including phenoxy) is 1. The Balaban J connectivity index is 5.24. The van der Waals surface area contributed by atoms with Gasteiger partial charge in [-0.15, -0.1) is 11.6 Å². The molecule has 0 aromatic carbocycles. The van der Waals surface area contributed by atoms with Crippen LogP contribution in [-0.4, -0.2) is 59.5 Å². The molecular weight excluding hydrogens is 339 g/mol. The molecule has 0 aliphatic carbocycles. The summed E-state index contributed by atoms with van der Waals surface area (Å²) >= 11 is 6.34. The second-order valence-electron chi connectivity index (χ2n) is 4.15. The molecule has 2 unspecified atom stereocenters. The van der Waals surface area contributed by atoms with Gasteiger partial charge >= 0.3 is 18.5 Å². The van der Waals surface area contributed by atoms with Crippen LogP contribution in [0.3, 0.4) is 0 Å². The maximum absolute atomic E-state index is 13.0. The summed E-state index contributed by atoms with van der Waals surface area (Å²) in [6, 6.07) is 0. The molecule has 0 aromatic rings. The number of amides is 2. The second-order valence-corrected chi connectivity index (χ2v) is 9.81. The van der Waals surface area contributed by atoms with E-state index in [0.717, 1.165) is 20.7 Å². The Morgan fingerprint density at radius 2 is 2.00 bits per heavy atom. The summed E-state index contributed by atoms with van der Waals surface area (Å²) in [6.07, 6.45) is 1.06. The fourth-order valence-electron chi connectivity index (χ4n) is 1.17. The highest BCUT2D eigenvalue weighted by Gasteiger charge is 2.40. The monoisotopic (exact) mass is 358 g/mol. The zero-order chi connectivity index (χ0) is 16.6. The van der Waals surface area contributed by atoms with E-state index in [1.807, 2.05) is 13.8 Å². The van der Waals surface area contributed by atoms with Crippen molar-refractivity contribution < 1.29 is 23.7 Å². The van der Waals surface area contributed by atoms with Crippen LogP contribution in [0.5, 0.6) is 0 Å².